The molecule has 0 bridgehead atoms. The number of aromatic carboxylic acids is 1. The van der Waals surface area contributed by atoms with Gasteiger partial charge < -0.3 is 19.7 Å². The van der Waals surface area contributed by atoms with E-state index < -0.39 is 5.97 Å². The highest BCUT2D eigenvalue weighted by molar-refractivity contribution is 5.99. The van der Waals surface area contributed by atoms with Gasteiger partial charge in [0, 0.05) is 29.9 Å². The number of aromatic nitrogens is 3. The molecule has 27 heavy (non-hydrogen) atoms. The Kier molecular flexibility index (Phi) is 5.35. The number of ether oxygens (including phenoxy) is 1. The number of nitrogens with zero attached hydrogens (tertiary/aromatic N) is 3. The highest BCUT2D eigenvalue weighted by Gasteiger charge is 2.23. The average molecular weight is 368 g/mol. The van der Waals surface area contributed by atoms with Crippen LogP contribution >= 0.6 is 0 Å². The topological polar surface area (TPSA) is 110 Å². The number of hydrogen-bond donors (Lipinski definition) is 2. The molecule has 3 rings (SSSR count). The van der Waals surface area contributed by atoms with Crippen molar-refractivity contribution in [1.82, 2.24) is 15.1 Å². The van der Waals surface area contributed by atoms with Crippen LogP contribution in [0.4, 0.5) is 5.82 Å². The molecule has 8 heteroatoms. The number of anilines is 1. The summed E-state index contributed by atoms with van der Waals surface area (Å²) in [6, 6.07) is 8.80. The quantitative estimate of drug-likeness (QED) is 0.654. The molecule has 0 spiro atoms. The molecule has 0 atom stereocenters. The minimum atomic E-state index is -1.12. The van der Waals surface area contributed by atoms with Crippen molar-refractivity contribution >= 4 is 11.8 Å². The SMILES string of the molecule is COc1ccc(-c2onc(NCCc3nc(C)cc(C)n3)c2C(=O)O)cc1. The summed E-state index contributed by atoms with van der Waals surface area (Å²) in [5, 5.41) is 16.5. The second-order valence-electron chi connectivity index (χ2n) is 6.01. The highest BCUT2D eigenvalue weighted by Crippen LogP contribution is 2.30. The molecule has 2 N–H and O–H groups in total. The van der Waals surface area contributed by atoms with Crippen LogP contribution in [-0.4, -0.2) is 39.9 Å². The van der Waals surface area contributed by atoms with Gasteiger partial charge in [-0.25, -0.2) is 14.8 Å². The molecule has 0 radical (unpaired) electrons. The predicted octanol–water partition coefficient (Wildman–Crippen LogP) is 3.11. The minimum absolute atomic E-state index is 0.0125. The minimum Gasteiger partial charge on any atom is -0.497 e. The van der Waals surface area contributed by atoms with E-state index in [1.54, 1.807) is 31.4 Å². The zero-order valence-corrected chi connectivity index (χ0v) is 15.3. The number of hydrogen-bond acceptors (Lipinski definition) is 7. The van der Waals surface area contributed by atoms with Crippen molar-refractivity contribution in [2.45, 2.75) is 20.3 Å². The van der Waals surface area contributed by atoms with E-state index in [-0.39, 0.29) is 17.1 Å². The van der Waals surface area contributed by atoms with E-state index in [2.05, 4.69) is 20.4 Å². The second kappa shape index (κ2) is 7.86. The van der Waals surface area contributed by atoms with E-state index in [9.17, 15) is 9.90 Å². The fourth-order valence-electron chi connectivity index (χ4n) is 2.75. The van der Waals surface area contributed by atoms with E-state index in [1.165, 1.54) is 0 Å². The molecule has 2 heterocycles. The fourth-order valence-corrected chi connectivity index (χ4v) is 2.75. The first-order valence-electron chi connectivity index (χ1n) is 8.40. The van der Waals surface area contributed by atoms with Crippen molar-refractivity contribution in [2.24, 2.45) is 0 Å². The summed E-state index contributed by atoms with van der Waals surface area (Å²) in [7, 11) is 1.56. The van der Waals surface area contributed by atoms with Crippen LogP contribution in [0.3, 0.4) is 0 Å². The average Bonchev–Trinajstić information content (AvgIpc) is 3.05. The third-order valence-corrected chi connectivity index (χ3v) is 3.93. The lowest BCUT2D eigenvalue weighted by Gasteiger charge is -2.05. The van der Waals surface area contributed by atoms with Crippen LogP contribution in [0, 0.1) is 13.8 Å². The zero-order chi connectivity index (χ0) is 19.4. The third kappa shape index (κ3) is 4.22. The normalized spacial score (nSPS) is 10.6. The molecule has 0 aliphatic heterocycles. The summed E-state index contributed by atoms with van der Waals surface area (Å²) >= 11 is 0. The standard InChI is InChI=1S/C19H20N4O4/c1-11-10-12(2)22-15(21-11)8-9-20-18-16(19(24)25)17(27-23-18)13-4-6-14(26-3)7-5-13/h4-7,10H,8-9H2,1-3H3,(H,20,23)(H,24,25). The van der Waals surface area contributed by atoms with Crippen LogP contribution in [0.5, 0.6) is 5.75 Å². The summed E-state index contributed by atoms with van der Waals surface area (Å²) in [6.45, 7) is 4.25. The number of methoxy groups -OCH3 is 1. The third-order valence-electron chi connectivity index (χ3n) is 3.93. The van der Waals surface area contributed by atoms with Gasteiger partial charge in [0.15, 0.2) is 17.1 Å². The molecule has 8 nitrogen and oxygen atoms in total. The molecule has 1 aromatic carbocycles. The van der Waals surface area contributed by atoms with E-state index in [4.69, 9.17) is 9.26 Å². The summed E-state index contributed by atoms with van der Waals surface area (Å²) < 4.78 is 10.4. The van der Waals surface area contributed by atoms with E-state index >= 15 is 0 Å². The molecule has 2 aromatic heterocycles. The van der Waals surface area contributed by atoms with Crippen molar-refractivity contribution in [3.05, 3.63) is 53.1 Å². The van der Waals surface area contributed by atoms with Gasteiger partial charge in [0.2, 0.25) is 0 Å². The first-order chi connectivity index (χ1) is 13.0. The Morgan fingerprint density at radius 3 is 2.44 bits per heavy atom. The van der Waals surface area contributed by atoms with Gasteiger partial charge in [-0.2, -0.15) is 0 Å². The molecule has 0 saturated carbocycles. The summed E-state index contributed by atoms with van der Waals surface area (Å²) in [6.07, 6.45) is 0.534. The molecule has 3 aromatic rings. The van der Waals surface area contributed by atoms with Gasteiger partial charge in [-0.3, -0.25) is 0 Å². The maximum atomic E-state index is 11.7. The van der Waals surface area contributed by atoms with Gasteiger partial charge >= 0.3 is 5.97 Å². The smallest absolute Gasteiger partial charge is 0.343 e. The van der Waals surface area contributed by atoms with Crippen LogP contribution in [0.25, 0.3) is 11.3 Å². The van der Waals surface area contributed by atoms with Gasteiger partial charge in [-0.05, 0) is 44.2 Å². The van der Waals surface area contributed by atoms with Crippen LogP contribution < -0.4 is 10.1 Å². The number of carboxylic acid groups (broad SMARTS) is 1. The zero-order valence-electron chi connectivity index (χ0n) is 15.3. The van der Waals surface area contributed by atoms with Gasteiger partial charge in [0.25, 0.3) is 0 Å². The van der Waals surface area contributed by atoms with E-state index in [1.807, 2.05) is 19.9 Å². The van der Waals surface area contributed by atoms with Gasteiger partial charge in [-0.1, -0.05) is 5.16 Å². The van der Waals surface area contributed by atoms with Crippen LogP contribution in [0.1, 0.15) is 27.6 Å². The van der Waals surface area contributed by atoms with Crippen molar-refractivity contribution < 1.29 is 19.2 Å². The maximum absolute atomic E-state index is 11.7. The van der Waals surface area contributed by atoms with Gasteiger partial charge in [0.1, 0.15) is 11.6 Å². The van der Waals surface area contributed by atoms with Crippen LogP contribution in [0.2, 0.25) is 0 Å². The highest BCUT2D eigenvalue weighted by atomic mass is 16.5. The van der Waals surface area contributed by atoms with Crippen molar-refractivity contribution in [1.29, 1.82) is 0 Å². The first kappa shape index (κ1) is 18.4. The van der Waals surface area contributed by atoms with Gasteiger partial charge in [-0.15, -0.1) is 0 Å². The lowest BCUT2D eigenvalue weighted by molar-refractivity contribution is 0.0698. The first-order valence-corrected chi connectivity index (χ1v) is 8.40. The Labute approximate surface area is 156 Å². The molecular weight excluding hydrogens is 348 g/mol. The van der Waals surface area contributed by atoms with Crippen molar-refractivity contribution in [3.63, 3.8) is 0 Å². The molecular formula is C19H20N4O4. The maximum Gasteiger partial charge on any atom is 0.343 e. The number of benzene rings is 1. The van der Waals surface area contributed by atoms with Gasteiger partial charge in [0.05, 0.1) is 7.11 Å². The number of aryl methyl sites for hydroxylation is 2. The summed E-state index contributed by atoms with van der Waals surface area (Å²) in [4.78, 5) is 20.5. The lowest BCUT2D eigenvalue weighted by atomic mass is 10.1. The Balaban J connectivity index is 1.77. The number of carbonyl (C=O) groups is 1. The molecule has 140 valence electrons. The Morgan fingerprint density at radius 1 is 1.19 bits per heavy atom. The Bertz CT molecular complexity index is 931. The number of nitrogens with one attached hydrogen (secondary N) is 1. The largest absolute Gasteiger partial charge is 0.497 e. The fraction of sp³-hybridized carbons (Fsp3) is 0.263. The summed E-state index contributed by atoms with van der Waals surface area (Å²) in [5.41, 5.74) is 2.38. The predicted molar refractivity (Wildman–Crippen MR) is 99.2 cm³/mol. The molecule has 0 fully saturated rings. The van der Waals surface area contributed by atoms with Crippen LogP contribution in [0.15, 0.2) is 34.9 Å². The molecule has 0 amide bonds. The molecule has 0 unspecified atom stereocenters. The Hall–Kier alpha value is -3.42. The Morgan fingerprint density at radius 2 is 1.85 bits per heavy atom. The monoisotopic (exact) mass is 368 g/mol. The van der Waals surface area contributed by atoms with Crippen LogP contribution in [-0.2, 0) is 6.42 Å². The second-order valence-corrected chi connectivity index (χ2v) is 6.01. The van der Waals surface area contributed by atoms with E-state index in [0.717, 1.165) is 11.4 Å². The number of carboxylic acids is 1. The number of rotatable bonds is 7. The molecule has 0 saturated heterocycles. The molecule has 0 aliphatic carbocycles. The van der Waals surface area contributed by atoms with Crippen molar-refractivity contribution in [2.75, 3.05) is 19.0 Å². The lowest BCUT2D eigenvalue weighted by Crippen LogP contribution is -2.11. The van der Waals surface area contributed by atoms with E-state index in [0.29, 0.717) is 30.1 Å². The molecule has 0 aliphatic rings. The van der Waals surface area contributed by atoms with Crippen molar-refractivity contribution in [3.8, 4) is 17.1 Å². The summed E-state index contributed by atoms with van der Waals surface area (Å²) in [5.74, 6) is 0.609.